The first-order chi connectivity index (χ1) is 9.49. The molecule has 8 heteroatoms. The van der Waals surface area contributed by atoms with E-state index >= 15 is 0 Å². The fourth-order valence-corrected chi connectivity index (χ4v) is 1.63. The summed E-state index contributed by atoms with van der Waals surface area (Å²) in [5.41, 5.74) is 5.93. The zero-order valence-electron chi connectivity index (χ0n) is 11.7. The largest absolute Gasteiger partial charge is 0.394 e. The number of hydrogen-bond acceptors (Lipinski definition) is 5. The van der Waals surface area contributed by atoms with Crippen LogP contribution in [0.4, 0.5) is 0 Å². The maximum absolute atomic E-state index is 9.64. The van der Waals surface area contributed by atoms with E-state index in [1.54, 1.807) is 19.0 Å². The van der Waals surface area contributed by atoms with E-state index in [1.165, 1.54) is 12.7 Å². The van der Waals surface area contributed by atoms with Crippen LogP contribution in [0.2, 0.25) is 0 Å². The van der Waals surface area contributed by atoms with E-state index < -0.39 is 12.2 Å². The van der Waals surface area contributed by atoms with Crippen LogP contribution in [-0.4, -0.2) is 72.8 Å². The maximum atomic E-state index is 9.64. The summed E-state index contributed by atoms with van der Waals surface area (Å²) < 4.78 is 5.46. The van der Waals surface area contributed by atoms with Crippen molar-refractivity contribution in [1.29, 1.82) is 0 Å². The third kappa shape index (κ3) is 4.41. The molecule has 112 valence electrons. The van der Waals surface area contributed by atoms with Gasteiger partial charge in [0.05, 0.1) is 24.7 Å². The van der Waals surface area contributed by atoms with Gasteiger partial charge in [0.15, 0.2) is 5.84 Å². The van der Waals surface area contributed by atoms with E-state index in [4.69, 9.17) is 15.6 Å². The number of aliphatic imine (C=N–C) groups is 3. The molecule has 1 saturated heterocycles. The second kappa shape index (κ2) is 7.73. The number of ether oxygens (including phenoxy) is 1. The molecular formula is C12H21N5O3. The van der Waals surface area contributed by atoms with Crippen molar-refractivity contribution in [2.45, 2.75) is 24.9 Å². The van der Waals surface area contributed by atoms with Crippen molar-refractivity contribution in [3.8, 4) is 0 Å². The molecule has 0 aromatic heterocycles. The van der Waals surface area contributed by atoms with E-state index in [2.05, 4.69) is 21.6 Å². The average Bonchev–Trinajstić information content (AvgIpc) is 2.82. The summed E-state index contributed by atoms with van der Waals surface area (Å²) in [6.45, 7) is 3.46. The lowest BCUT2D eigenvalue weighted by atomic mass is 10.2. The Morgan fingerprint density at radius 3 is 2.85 bits per heavy atom. The summed E-state index contributed by atoms with van der Waals surface area (Å²) in [6, 6.07) is 0. The minimum Gasteiger partial charge on any atom is -0.394 e. The first kappa shape index (κ1) is 16.3. The highest BCUT2D eigenvalue weighted by atomic mass is 16.5. The molecule has 1 unspecified atom stereocenters. The normalized spacial score (nSPS) is 27.6. The Balaban J connectivity index is 2.56. The van der Waals surface area contributed by atoms with Crippen LogP contribution < -0.4 is 5.73 Å². The second-order valence-corrected chi connectivity index (χ2v) is 4.36. The Morgan fingerprint density at radius 2 is 2.30 bits per heavy atom. The third-order valence-corrected chi connectivity index (χ3v) is 2.84. The van der Waals surface area contributed by atoms with Gasteiger partial charge in [-0.1, -0.05) is 6.58 Å². The summed E-state index contributed by atoms with van der Waals surface area (Å²) >= 11 is 0. The van der Waals surface area contributed by atoms with Crippen molar-refractivity contribution in [1.82, 2.24) is 4.90 Å². The molecule has 3 atom stereocenters. The van der Waals surface area contributed by atoms with Gasteiger partial charge in [0.2, 0.25) is 0 Å². The van der Waals surface area contributed by atoms with Gasteiger partial charge in [-0.15, -0.1) is 0 Å². The average molecular weight is 283 g/mol. The van der Waals surface area contributed by atoms with E-state index in [9.17, 15) is 5.11 Å². The molecule has 0 spiro atoms. The fourth-order valence-electron chi connectivity index (χ4n) is 1.63. The molecule has 0 saturated carbocycles. The van der Waals surface area contributed by atoms with Gasteiger partial charge in [0.25, 0.3) is 0 Å². The van der Waals surface area contributed by atoms with Crippen molar-refractivity contribution in [3.05, 3.63) is 12.3 Å². The summed E-state index contributed by atoms with van der Waals surface area (Å²) in [5.74, 6) is 0.167. The van der Waals surface area contributed by atoms with Gasteiger partial charge in [0, 0.05) is 20.5 Å². The molecule has 0 aromatic carbocycles. The fraction of sp³-hybridized carbons (Fsp3) is 0.583. The van der Waals surface area contributed by atoms with Crippen molar-refractivity contribution in [2.75, 3.05) is 20.7 Å². The molecule has 1 aliphatic heterocycles. The zero-order valence-corrected chi connectivity index (χ0v) is 11.7. The Kier molecular flexibility index (Phi) is 6.29. The van der Waals surface area contributed by atoms with Crippen LogP contribution in [0.5, 0.6) is 0 Å². The van der Waals surface area contributed by atoms with Crippen LogP contribution in [0.15, 0.2) is 27.3 Å². The van der Waals surface area contributed by atoms with Gasteiger partial charge in [-0.2, -0.15) is 0 Å². The number of aliphatic hydroxyl groups is 2. The molecule has 20 heavy (non-hydrogen) atoms. The molecule has 1 aliphatic rings. The second-order valence-electron chi connectivity index (χ2n) is 4.36. The highest BCUT2D eigenvalue weighted by molar-refractivity contribution is 6.00. The standard InChI is InChI=1S/C12H21N5O3/c1-8(12(13)15-6-14-2)16-7-17(3)11-4-9(19)10(5-18)20-11/h6-7,9-11,18-19H,1,4-5H2,2-3H3,(H2,13,14,15)/t9?,10-,11-/m1/s1. The van der Waals surface area contributed by atoms with E-state index in [0.717, 1.165) is 0 Å². The van der Waals surface area contributed by atoms with E-state index in [1.807, 2.05) is 0 Å². The number of nitrogens with two attached hydrogens (primary N) is 1. The number of aliphatic hydroxyl groups excluding tert-OH is 2. The summed E-state index contributed by atoms with van der Waals surface area (Å²) in [7, 11) is 3.33. The molecule has 1 heterocycles. The van der Waals surface area contributed by atoms with Crippen molar-refractivity contribution >= 4 is 18.5 Å². The molecule has 0 aliphatic carbocycles. The lowest BCUT2D eigenvalue weighted by Gasteiger charge is -2.21. The Morgan fingerprint density at radius 1 is 1.60 bits per heavy atom. The van der Waals surface area contributed by atoms with Crippen molar-refractivity contribution < 1.29 is 14.9 Å². The maximum Gasteiger partial charge on any atom is 0.150 e. The molecule has 1 rings (SSSR count). The number of rotatable bonds is 6. The smallest absolute Gasteiger partial charge is 0.150 e. The van der Waals surface area contributed by atoms with Crippen LogP contribution >= 0.6 is 0 Å². The predicted molar refractivity (Wildman–Crippen MR) is 77.8 cm³/mol. The quantitative estimate of drug-likeness (QED) is 0.424. The van der Waals surface area contributed by atoms with Crippen molar-refractivity contribution in [2.24, 2.45) is 20.7 Å². The van der Waals surface area contributed by atoms with Gasteiger partial charge in [0.1, 0.15) is 18.7 Å². The Bertz CT molecular complexity index is 421. The Labute approximate surface area is 118 Å². The monoisotopic (exact) mass is 283 g/mol. The van der Waals surface area contributed by atoms with E-state index in [0.29, 0.717) is 12.1 Å². The molecule has 0 amide bonds. The third-order valence-electron chi connectivity index (χ3n) is 2.84. The summed E-state index contributed by atoms with van der Waals surface area (Å²) in [4.78, 5) is 13.2. The molecule has 4 N–H and O–H groups in total. The van der Waals surface area contributed by atoms with Crippen LogP contribution in [0.25, 0.3) is 0 Å². The Hall–Kier alpha value is -1.77. The van der Waals surface area contributed by atoms with Gasteiger partial charge in [-0.25, -0.2) is 9.98 Å². The predicted octanol–water partition coefficient (Wildman–Crippen LogP) is -1.06. The number of nitrogens with zero attached hydrogens (tertiary/aromatic N) is 4. The molecule has 0 radical (unpaired) electrons. The molecule has 0 aromatic rings. The highest BCUT2D eigenvalue weighted by Crippen LogP contribution is 2.21. The minimum atomic E-state index is -0.684. The first-order valence-electron chi connectivity index (χ1n) is 6.13. The van der Waals surface area contributed by atoms with Crippen molar-refractivity contribution in [3.63, 3.8) is 0 Å². The SMILES string of the molecule is C=C(N=CN(C)[C@H]1CC(O)[C@@H](CO)O1)C(N)=NC=NC. The van der Waals surface area contributed by atoms with Gasteiger partial charge in [-0.05, 0) is 0 Å². The minimum absolute atomic E-state index is 0.167. The van der Waals surface area contributed by atoms with Crippen LogP contribution in [0, 0.1) is 0 Å². The molecule has 0 bridgehead atoms. The molecule has 8 nitrogen and oxygen atoms in total. The van der Waals surface area contributed by atoms with Crippen LogP contribution in [0.3, 0.4) is 0 Å². The van der Waals surface area contributed by atoms with Crippen LogP contribution in [0.1, 0.15) is 6.42 Å². The first-order valence-corrected chi connectivity index (χ1v) is 6.13. The number of amidine groups is 1. The molecular weight excluding hydrogens is 262 g/mol. The van der Waals surface area contributed by atoms with Crippen LogP contribution in [-0.2, 0) is 4.74 Å². The summed E-state index contributed by atoms with van der Waals surface area (Å²) in [6.07, 6.45) is 1.59. The van der Waals surface area contributed by atoms with Gasteiger partial charge in [-0.3, -0.25) is 4.99 Å². The number of hydrogen-bond donors (Lipinski definition) is 3. The van der Waals surface area contributed by atoms with Gasteiger partial charge >= 0.3 is 0 Å². The van der Waals surface area contributed by atoms with Gasteiger partial charge < -0.3 is 25.6 Å². The lowest BCUT2D eigenvalue weighted by Crippen LogP contribution is -2.31. The van der Waals surface area contributed by atoms with E-state index in [-0.39, 0.29) is 18.7 Å². The zero-order chi connectivity index (χ0) is 15.1. The summed E-state index contributed by atoms with van der Waals surface area (Å²) in [5, 5.41) is 18.7. The topological polar surface area (TPSA) is 116 Å². The highest BCUT2D eigenvalue weighted by Gasteiger charge is 2.34. The molecule has 1 fully saturated rings. The lowest BCUT2D eigenvalue weighted by molar-refractivity contribution is -0.0515.